The van der Waals surface area contributed by atoms with Crippen LogP contribution < -0.4 is 19.8 Å². The fourth-order valence-corrected chi connectivity index (χ4v) is 3.16. The molecule has 150 valence electrons. The molecule has 0 saturated carbocycles. The van der Waals surface area contributed by atoms with E-state index in [1.807, 2.05) is 42.5 Å². The molecule has 0 aliphatic carbocycles. The van der Waals surface area contributed by atoms with Crippen LogP contribution in [-0.2, 0) is 6.54 Å². The second kappa shape index (κ2) is 7.36. The van der Waals surface area contributed by atoms with E-state index in [2.05, 4.69) is 15.2 Å². The van der Waals surface area contributed by atoms with Crippen molar-refractivity contribution in [3.63, 3.8) is 0 Å². The lowest BCUT2D eigenvalue weighted by molar-refractivity contribution is 0.174. The third kappa shape index (κ3) is 3.26. The van der Waals surface area contributed by atoms with Gasteiger partial charge in [0.2, 0.25) is 18.5 Å². The second-order valence-corrected chi connectivity index (χ2v) is 6.49. The molecule has 3 heterocycles. The first-order valence-corrected chi connectivity index (χ1v) is 9.15. The molecule has 2 aromatic heterocycles. The van der Waals surface area contributed by atoms with Crippen LogP contribution in [0.15, 0.2) is 63.9 Å². The largest absolute Gasteiger partial charge is 0.496 e. The van der Waals surface area contributed by atoms with Gasteiger partial charge in [-0.2, -0.15) is 10.1 Å². The van der Waals surface area contributed by atoms with E-state index in [-0.39, 0.29) is 24.8 Å². The Hall–Kier alpha value is -4.14. The summed E-state index contributed by atoms with van der Waals surface area (Å²) in [5.74, 6) is 2.59. The zero-order valence-corrected chi connectivity index (χ0v) is 15.9. The molecule has 9 nitrogen and oxygen atoms in total. The number of ether oxygens (including phenoxy) is 3. The van der Waals surface area contributed by atoms with Crippen molar-refractivity contribution in [2.24, 2.45) is 0 Å². The highest BCUT2D eigenvalue weighted by Crippen LogP contribution is 2.35. The highest BCUT2D eigenvalue weighted by molar-refractivity contribution is 5.64. The lowest BCUT2D eigenvalue weighted by Crippen LogP contribution is -2.23. The number of fused-ring (bicyclic) bond motifs is 1. The Morgan fingerprint density at radius 2 is 1.93 bits per heavy atom. The smallest absolute Gasteiger partial charge is 0.267 e. The number of rotatable bonds is 5. The van der Waals surface area contributed by atoms with Gasteiger partial charge in [-0.15, -0.1) is 0 Å². The van der Waals surface area contributed by atoms with Crippen molar-refractivity contribution in [2.75, 3.05) is 13.9 Å². The zero-order chi connectivity index (χ0) is 20.5. The molecule has 30 heavy (non-hydrogen) atoms. The van der Waals surface area contributed by atoms with Crippen molar-refractivity contribution in [3.8, 4) is 39.9 Å². The van der Waals surface area contributed by atoms with Crippen LogP contribution in [0.5, 0.6) is 17.2 Å². The molecule has 2 aromatic carbocycles. The van der Waals surface area contributed by atoms with Crippen molar-refractivity contribution in [1.82, 2.24) is 19.9 Å². The van der Waals surface area contributed by atoms with Crippen LogP contribution in [0.2, 0.25) is 0 Å². The number of methoxy groups -OCH3 is 1. The van der Waals surface area contributed by atoms with E-state index in [0.717, 1.165) is 5.56 Å². The molecule has 0 unspecified atom stereocenters. The molecule has 1 aliphatic rings. The quantitative estimate of drug-likeness (QED) is 0.500. The molecule has 4 aromatic rings. The van der Waals surface area contributed by atoms with Gasteiger partial charge < -0.3 is 18.7 Å². The maximum atomic E-state index is 12.3. The number of aromatic nitrogens is 4. The molecule has 0 atom stereocenters. The predicted octanol–water partition coefficient (Wildman–Crippen LogP) is 2.75. The highest BCUT2D eigenvalue weighted by atomic mass is 16.7. The minimum absolute atomic E-state index is 0.0410. The van der Waals surface area contributed by atoms with Crippen molar-refractivity contribution < 1.29 is 18.7 Å². The van der Waals surface area contributed by atoms with E-state index in [9.17, 15) is 4.79 Å². The normalized spacial score (nSPS) is 12.2. The Morgan fingerprint density at radius 1 is 1.07 bits per heavy atom. The maximum absolute atomic E-state index is 12.3. The van der Waals surface area contributed by atoms with E-state index in [1.165, 1.54) is 10.7 Å². The van der Waals surface area contributed by atoms with Gasteiger partial charge in [0.05, 0.1) is 18.4 Å². The summed E-state index contributed by atoms with van der Waals surface area (Å²) in [5.41, 5.74) is 1.83. The summed E-state index contributed by atoms with van der Waals surface area (Å²) < 4.78 is 22.7. The third-order valence-electron chi connectivity index (χ3n) is 4.64. The zero-order valence-electron chi connectivity index (χ0n) is 15.9. The summed E-state index contributed by atoms with van der Waals surface area (Å²) in [4.78, 5) is 16.7. The SMILES string of the molecule is COc1ccccc1-c1noc(Cn2nc(-c3ccc4c(c3)OCO4)ccc2=O)n1. The highest BCUT2D eigenvalue weighted by Gasteiger charge is 2.16. The second-order valence-electron chi connectivity index (χ2n) is 6.49. The number of nitrogens with zero attached hydrogens (tertiary/aromatic N) is 4. The summed E-state index contributed by atoms with van der Waals surface area (Å²) in [7, 11) is 1.57. The molecule has 0 N–H and O–H groups in total. The number of para-hydroxylation sites is 1. The molecule has 5 rings (SSSR count). The summed E-state index contributed by atoms with van der Waals surface area (Å²) in [6, 6.07) is 16.0. The standard InChI is InChI=1S/C21H16N4O5/c1-27-16-5-3-2-4-14(16)21-22-19(30-24-21)11-25-20(26)9-7-15(23-25)13-6-8-17-18(10-13)29-12-28-17/h2-10H,11-12H2,1H3. The average molecular weight is 404 g/mol. The summed E-state index contributed by atoms with van der Waals surface area (Å²) in [6.07, 6.45) is 0. The third-order valence-corrected chi connectivity index (χ3v) is 4.64. The fraction of sp³-hybridized carbons (Fsp3) is 0.143. The average Bonchev–Trinajstić information content (AvgIpc) is 3.44. The molecule has 0 amide bonds. The first-order chi connectivity index (χ1) is 14.7. The van der Waals surface area contributed by atoms with Gasteiger partial charge in [0.1, 0.15) is 12.3 Å². The monoisotopic (exact) mass is 404 g/mol. The van der Waals surface area contributed by atoms with Crippen LogP contribution >= 0.6 is 0 Å². The first kappa shape index (κ1) is 17.9. The molecule has 0 spiro atoms. The van der Waals surface area contributed by atoms with Crippen molar-refractivity contribution in [2.45, 2.75) is 6.54 Å². The molecular formula is C21H16N4O5. The van der Waals surface area contributed by atoms with Crippen molar-refractivity contribution in [3.05, 3.63) is 70.8 Å². The summed E-state index contributed by atoms with van der Waals surface area (Å²) in [6.45, 7) is 0.233. The lowest BCUT2D eigenvalue weighted by Gasteiger charge is -2.06. The lowest BCUT2D eigenvalue weighted by atomic mass is 10.1. The molecule has 9 heteroatoms. The molecule has 0 radical (unpaired) electrons. The number of hydrogen-bond donors (Lipinski definition) is 0. The molecular weight excluding hydrogens is 388 g/mol. The predicted molar refractivity (Wildman–Crippen MR) is 105 cm³/mol. The van der Waals surface area contributed by atoms with Crippen molar-refractivity contribution >= 4 is 0 Å². The van der Waals surface area contributed by atoms with Crippen LogP contribution in [0, 0.1) is 0 Å². The maximum Gasteiger partial charge on any atom is 0.267 e. The minimum atomic E-state index is -0.281. The van der Waals surface area contributed by atoms with Crippen molar-refractivity contribution in [1.29, 1.82) is 0 Å². The van der Waals surface area contributed by atoms with Gasteiger partial charge in [-0.3, -0.25) is 4.79 Å². The number of hydrogen-bond acceptors (Lipinski definition) is 8. The Kier molecular flexibility index (Phi) is 4.40. The van der Waals surface area contributed by atoms with E-state index < -0.39 is 0 Å². The van der Waals surface area contributed by atoms with Gasteiger partial charge in [-0.05, 0) is 36.4 Å². The fourth-order valence-electron chi connectivity index (χ4n) is 3.16. The van der Waals surface area contributed by atoms with E-state index in [1.54, 1.807) is 13.2 Å². The van der Waals surface area contributed by atoms with Gasteiger partial charge in [0.15, 0.2) is 11.5 Å². The Morgan fingerprint density at radius 3 is 2.83 bits per heavy atom. The summed E-state index contributed by atoms with van der Waals surface area (Å²) >= 11 is 0. The van der Waals surface area contributed by atoms with E-state index in [0.29, 0.717) is 34.3 Å². The molecule has 0 fully saturated rings. The van der Waals surface area contributed by atoms with Gasteiger partial charge in [0.25, 0.3) is 5.56 Å². The van der Waals surface area contributed by atoms with Gasteiger partial charge in [-0.1, -0.05) is 17.3 Å². The van der Waals surface area contributed by atoms with Gasteiger partial charge >= 0.3 is 0 Å². The topological polar surface area (TPSA) is 102 Å². The van der Waals surface area contributed by atoms with Crippen LogP contribution in [-0.4, -0.2) is 33.8 Å². The minimum Gasteiger partial charge on any atom is -0.496 e. The molecule has 0 saturated heterocycles. The van der Waals surface area contributed by atoms with Crippen LogP contribution in [0.1, 0.15) is 5.89 Å². The van der Waals surface area contributed by atoms with Gasteiger partial charge in [0, 0.05) is 11.6 Å². The Labute approximate surface area is 170 Å². The van der Waals surface area contributed by atoms with Crippen LogP contribution in [0.3, 0.4) is 0 Å². The van der Waals surface area contributed by atoms with Gasteiger partial charge in [-0.25, -0.2) is 4.68 Å². The van der Waals surface area contributed by atoms with E-state index in [4.69, 9.17) is 18.7 Å². The molecule has 0 bridgehead atoms. The van der Waals surface area contributed by atoms with Crippen LogP contribution in [0.25, 0.3) is 22.6 Å². The van der Waals surface area contributed by atoms with Crippen LogP contribution in [0.4, 0.5) is 0 Å². The first-order valence-electron chi connectivity index (χ1n) is 9.15. The van der Waals surface area contributed by atoms with E-state index >= 15 is 0 Å². The summed E-state index contributed by atoms with van der Waals surface area (Å²) in [5, 5.41) is 8.44. The number of benzene rings is 2. The molecule has 1 aliphatic heterocycles. The Balaban J connectivity index is 1.44. The Bertz CT molecular complexity index is 1280.